The maximum Gasteiger partial charge on any atom is 0.263 e. The highest BCUT2D eigenvalue weighted by Gasteiger charge is 2.27. The molecule has 9 heteroatoms. The zero-order valence-electron chi connectivity index (χ0n) is 14.0. The van der Waals surface area contributed by atoms with Gasteiger partial charge in [-0.3, -0.25) is 4.79 Å². The van der Waals surface area contributed by atoms with E-state index in [1.165, 1.54) is 11.3 Å². The number of hydrogen-bond donors (Lipinski definition) is 0. The monoisotopic (exact) mass is 358 g/mol. The third kappa shape index (κ3) is 3.19. The number of carbonyl (C=O) groups is 1. The number of aromatic nitrogens is 5. The zero-order chi connectivity index (χ0) is 17.4. The van der Waals surface area contributed by atoms with E-state index in [9.17, 15) is 4.79 Å². The Bertz CT molecular complexity index is 898. The van der Waals surface area contributed by atoms with Crippen molar-refractivity contribution < 1.29 is 9.32 Å². The van der Waals surface area contributed by atoms with Crippen LogP contribution in [0.15, 0.2) is 22.9 Å². The molecule has 1 atom stereocenters. The van der Waals surface area contributed by atoms with Gasteiger partial charge >= 0.3 is 0 Å². The molecule has 1 saturated heterocycles. The van der Waals surface area contributed by atoms with Crippen LogP contribution in [0.25, 0.3) is 11.5 Å². The summed E-state index contributed by atoms with van der Waals surface area (Å²) in [7, 11) is 0. The predicted molar refractivity (Wildman–Crippen MR) is 91.3 cm³/mol. The minimum Gasteiger partial charge on any atom is -0.339 e. The summed E-state index contributed by atoms with van der Waals surface area (Å²) in [6, 6.07) is 3.99. The van der Waals surface area contributed by atoms with Crippen LogP contribution < -0.4 is 0 Å². The molecular formula is C16H18N6O2S. The molecule has 8 nitrogen and oxygen atoms in total. The molecule has 1 amide bonds. The highest BCUT2D eigenvalue weighted by Crippen LogP contribution is 2.25. The molecule has 1 fully saturated rings. The molecular weight excluding hydrogens is 340 g/mol. The molecule has 130 valence electrons. The maximum absolute atomic E-state index is 12.7. The Balaban J connectivity index is 1.50. The smallest absolute Gasteiger partial charge is 0.263 e. The van der Waals surface area contributed by atoms with E-state index in [1.54, 1.807) is 11.6 Å². The first-order chi connectivity index (χ1) is 12.1. The molecule has 4 rings (SSSR count). The highest BCUT2D eigenvalue weighted by atomic mass is 32.1. The van der Waals surface area contributed by atoms with Crippen LogP contribution in [-0.4, -0.2) is 49.0 Å². The molecule has 0 spiro atoms. The molecule has 1 unspecified atom stereocenters. The Morgan fingerprint density at radius 1 is 1.36 bits per heavy atom. The molecule has 0 N–H and O–H groups in total. The molecule has 3 aromatic heterocycles. The van der Waals surface area contributed by atoms with Crippen molar-refractivity contribution in [1.82, 2.24) is 30.0 Å². The van der Waals surface area contributed by atoms with Gasteiger partial charge in [0.25, 0.3) is 5.91 Å². The minimum absolute atomic E-state index is 0.0944. The van der Waals surface area contributed by atoms with Gasteiger partial charge in [-0.05, 0) is 31.9 Å². The Morgan fingerprint density at radius 3 is 2.96 bits per heavy atom. The summed E-state index contributed by atoms with van der Waals surface area (Å²) in [6.07, 6.45) is 3.72. The van der Waals surface area contributed by atoms with Gasteiger partial charge in [0.2, 0.25) is 11.7 Å². The molecule has 1 aliphatic rings. The lowest BCUT2D eigenvalue weighted by molar-refractivity contribution is 0.0677. The van der Waals surface area contributed by atoms with Gasteiger partial charge in [-0.15, -0.1) is 16.4 Å². The maximum atomic E-state index is 12.7. The second-order valence-corrected chi connectivity index (χ2v) is 7.47. The number of aryl methyl sites for hydroxylation is 2. The zero-order valence-corrected chi connectivity index (χ0v) is 14.9. The molecule has 0 aliphatic carbocycles. The standard InChI is InChI=1S/C16H18N6O2S/c1-10-5-6-14(25-10)16(23)21-7-3-4-12(8-21)22-9-13(18-20-22)15-17-11(2)24-19-15/h5-6,9,12H,3-4,7-8H2,1-2H3. The van der Waals surface area contributed by atoms with E-state index in [-0.39, 0.29) is 11.9 Å². The van der Waals surface area contributed by atoms with E-state index < -0.39 is 0 Å². The topological polar surface area (TPSA) is 89.9 Å². The van der Waals surface area contributed by atoms with E-state index in [2.05, 4.69) is 20.5 Å². The fourth-order valence-electron chi connectivity index (χ4n) is 3.02. The number of piperidine rings is 1. The molecule has 0 aromatic carbocycles. The molecule has 1 aliphatic heterocycles. The van der Waals surface area contributed by atoms with Crippen molar-refractivity contribution >= 4 is 17.2 Å². The predicted octanol–water partition coefficient (Wildman–Crippen LogP) is 2.48. The lowest BCUT2D eigenvalue weighted by atomic mass is 10.1. The fraction of sp³-hybridized carbons (Fsp3) is 0.438. The van der Waals surface area contributed by atoms with Gasteiger partial charge in [-0.1, -0.05) is 10.4 Å². The Hall–Kier alpha value is -2.55. The first-order valence-corrected chi connectivity index (χ1v) is 9.00. The summed E-state index contributed by atoms with van der Waals surface area (Å²) in [4.78, 5) is 20.7. The van der Waals surface area contributed by atoms with Crippen molar-refractivity contribution in [2.45, 2.75) is 32.7 Å². The largest absolute Gasteiger partial charge is 0.339 e. The van der Waals surface area contributed by atoms with Gasteiger partial charge in [-0.25, -0.2) is 4.68 Å². The molecule has 3 aromatic rings. The number of carbonyl (C=O) groups excluding carboxylic acids is 1. The summed E-state index contributed by atoms with van der Waals surface area (Å²) in [5.74, 6) is 1.02. The Kier molecular flexibility index (Phi) is 4.08. The number of thiophene rings is 1. The van der Waals surface area contributed by atoms with Crippen molar-refractivity contribution in [3.63, 3.8) is 0 Å². The van der Waals surface area contributed by atoms with Crippen LogP contribution in [0.1, 0.15) is 39.3 Å². The second-order valence-electron chi connectivity index (χ2n) is 6.18. The van der Waals surface area contributed by atoms with Gasteiger partial charge in [0.1, 0.15) is 0 Å². The van der Waals surface area contributed by atoms with Crippen LogP contribution in [0.4, 0.5) is 0 Å². The quantitative estimate of drug-likeness (QED) is 0.714. The third-order valence-corrected chi connectivity index (χ3v) is 5.26. The first kappa shape index (κ1) is 15.9. The Labute approximate surface area is 148 Å². The lowest BCUT2D eigenvalue weighted by Gasteiger charge is -2.32. The first-order valence-electron chi connectivity index (χ1n) is 8.18. The van der Waals surface area contributed by atoms with Crippen molar-refractivity contribution in [3.8, 4) is 11.5 Å². The van der Waals surface area contributed by atoms with E-state index >= 15 is 0 Å². The Morgan fingerprint density at radius 2 is 2.24 bits per heavy atom. The van der Waals surface area contributed by atoms with E-state index in [0.717, 1.165) is 29.1 Å². The van der Waals surface area contributed by atoms with Crippen molar-refractivity contribution in [1.29, 1.82) is 0 Å². The van der Waals surface area contributed by atoms with E-state index in [0.29, 0.717) is 24.0 Å². The fourth-order valence-corrected chi connectivity index (χ4v) is 3.86. The lowest BCUT2D eigenvalue weighted by Crippen LogP contribution is -2.40. The van der Waals surface area contributed by atoms with Crippen molar-refractivity contribution in [2.24, 2.45) is 0 Å². The minimum atomic E-state index is 0.0944. The summed E-state index contributed by atoms with van der Waals surface area (Å²) in [5.41, 5.74) is 0.578. The van der Waals surface area contributed by atoms with Crippen LogP contribution in [0.3, 0.4) is 0 Å². The van der Waals surface area contributed by atoms with Gasteiger partial charge in [0.05, 0.1) is 17.1 Å². The van der Waals surface area contributed by atoms with Gasteiger partial charge < -0.3 is 9.42 Å². The third-order valence-electron chi connectivity index (χ3n) is 4.28. The molecule has 4 heterocycles. The number of hydrogen-bond acceptors (Lipinski definition) is 7. The molecule has 25 heavy (non-hydrogen) atoms. The van der Waals surface area contributed by atoms with Crippen LogP contribution in [0.5, 0.6) is 0 Å². The summed E-state index contributed by atoms with van der Waals surface area (Å²) < 4.78 is 6.79. The van der Waals surface area contributed by atoms with Crippen LogP contribution in [0.2, 0.25) is 0 Å². The molecule has 0 saturated carbocycles. The average molecular weight is 358 g/mol. The number of likely N-dealkylation sites (tertiary alicyclic amines) is 1. The molecule has 0 bridgehead atoms. The van der Waals surface area contributed by atoms with Crippen LogP contribution >= 0.6 is 11.3 Å². The SMILES string of the molecule is Cc1nc(-c2cn(C3CCCN(C(=O)c4ccc(C)s4)C3)nn2)no1. The summed E-state index contributed by atoms with van der Waals surface area (Å²) >= 11 is 1.54. The van der Waals surface area contributed by atoms with Crippen molar-refractivity contribution in [2.75, 3.05) is 13.1 Å². The van der Waals surface area contributed by atoms with Crippen LogP contribution in [-0.2, 0) is 0 Å². The summed E-state index contributed by atoms with van der Waals surface area (Å²) in [6.45, 7) is 5.15. The van der Waals surface area contributed by atoms with E-state index in [1.807, 2.05) is 30.2 Å². The highest BCUT2D eigenvalue weighted by molar-refractivity contribution is 7.13. The van der Waals surface area contributed by atoms with E-state index in [4.69, 9.17) is 4.52 Å². The van der Waals surface area contributed by atoms with Gasteiger partial charge in [0.15, 0.2) is 5.69 Å². The molecule has 0 radical (unpaired) electrons. The second kappa shape index (κ2) is 6.40. The van der Waals surface area contributed by atoms with Gasteiger partial charge in [-0.2, -0.15) is 4.98 Å². The average Bonchev–Trinajstić information content (AvgIpc) is 3.34. The number of nitrogens with zero attached hydrogens (tertiary/aromatic N) is 6. The normalized spacial score (nSPS) is 17.8. The van der Waals surface area contributed by atoms with Crippen molar-refractivity contribution in [3.05, 3.63) is 34.0 Å². The number of amides is 1. The van der Waals surface area contributed by atoms with Crippen LogP contribution in [0, 0.1) is 13.8 Å². The number of rotatable bonds is 3. The van der Waals surface area contributed by atoms with Gasteiger partial charge in [0, 0.05) is 24.9 Å². The summed E-state index contributed by atoms with van der Waals surface area (Å²) in [5, 5.41) is 12.2.